The average molecular weight is 274 g/mol. The molecule has 4 rings (SSSR count). The van der Waals surface area contributed by atoms with Gasteiger partial charge in [0.15, 0.2) is 11.6 Å². The standard InChI is InChI=1S/C14H12F2N4/c15-10-5-8(7-1-4-18-14(7)12(10)16)13-9-6-17-3-2-11(9)19-20-13/h1,4-5,17-18H,2-3,6H2,(H,19,20). The lowest BCUT2D eigenvalue weighted by Crippen LogP contribution is -2.23. The van der Waals surface area contributed by atoms with E-state index in [-0.39, 0.29) is 5.52 Å². The molecule has 1 aromatic carbocycles. The maximum absolute atomic E-state index is 13.8. The first-order valence-electron chi connectivity index (χ1n) is 6.48. The van der Waals surface area contributed by atoms with Crippen molar-refractivity contribution in [2.75, 3.05) is 6.54 Å². The Labute approximate surface area is 113 Å². The maximum Gasteiger partial charge on any atom is 0.182 e. The normalized spacial score (nSPS) is 14.7. The molecule has 1 aliphatic heterocycles. The van der Waals surface area contributed by atoms with E-state index >= 15 is 0 Å². The molecule has 0 spiro atoms. The molecular weight excluding hydrogens is 262 g/mol. The van der Waals surface area contributed by atoms with E-state index in [0.717, 1.165) is 29.9 Å². The fourth-order valence-corrected chi connectivity index (χ4v) is 2.81. The number of rotatable bonds is 1. The van der Waals surface area contributed by atoms with Crippen LogP contribution in [0.3, 0.4) is 0 Å². The van der Waals surface area contributed by atoms with Crippen LogP contribution in [0.25, 0.3) is 22.2 Å². The molecule has 6 heteroatoms. The van der Waals surface area contributed by atoms with Gasteiger partial charge in [-0.25, -0.2) is 8.78 Å². The predicted octanol–water partition coefficient (Wildman–Crippen LogP) is 2.48. The molecule has 0 fully saturated rings. The van der Waals surface area contributed by atoms with Gasteiger partial charge in [-0.15, -0.1) is 0 Å². The lowest BCUT2D eigenvalue weighted by Gasteiger charge is -2.13. The lowest BCUT2D eigenvalue weighted by atomic mass is 9.99. The quantitative estimate of drug-likeness (QED) is 0.638. The fourth-order valence-electron chi connectivity index (χ4n) is 2.81. The smallest absolute Gasteiger partial charge is 0.182 e. The summed E-state index contributed by atoms with van der Waals surface area (Å²) in [5.41, 5.74) is 3.61. The van der Waals surface area contributed by atoms with Gasteiger partial charge in [0, 0.05) is 42.2 Å². The van der Waals surface area contributed by atoms with Crippen molar-refractivity contribution in [3.05, 3.63) is 41.2 Å². The van der Waals surface area contributed by atoms with Gasteiger partial charge in [0.2, 0.25) is 0 Å². The van der Waals surface area contributed by atoms with Crippen molar-refractivity contribution in [3.63, 3.8) is 0 Å². The minimum atomic E-state index is -0.859. The summed E-state index contributed by atoms with van der Waals surface area (Å²) in [7, 11) is 0. The lowest BCUT2D eigenvalue weighted by molar-refractivity contribution is 0.516. The van der Waals surface area contributed by atoms with E-state index in [9.17, 15) is 8.78 Å². The van der Waals surface area contributed by atoms with Gasteiger partial charge in [-0.05, 0) is 12.1 Å². The molecule has 20 heavy (non-hydrogen) atoms. The van der Waals surface area contributed by atoms with E-state index in [4.69, 9.17) is 0 Å². The number of H-pyrrole nitrogens is 2. The Bertz CT molecular complexity index is 803. The minimum absolute atomic E-state index is 0.187. The van der Waals surface area contributed by atoms with Crippen LogP contribution in [0, 0.1) is 11.6 Å². The summed E-state index contributed by atoms with van der Waals surface area (Å²) < 4.78 is 27.5. The van der Waals surface area contributed by atoms with Crippen LogP contribution in [0.1, 0.15) is 11.3 Å². The fraction of sp³-hybridized carbons (Fsp3) is 0.214. The van der Waals surface area contributed by atoms with E-state index in [1.807, 2.05) is 0 Å². The van der Waals surface area contributed by atoms with Crippen LogP contribution in [0.5, 0.6) is 0 Å². The summed E-state index contributed by atoms with van der Waals surface area (Å²) >= 11 is 0. The minimum Gasteiger partial charge on any atom is -0.359 e. The van der Waals surface area contributed by atoms with Crippen LogP contribution < -0.4 is 5.32 Å². The van der Waals surface area contributed by atoms with Crippen LogP contribution in [0.2, 0.25) is 0 Å². The van der Waals surface area contributed by atoms with E-state index in [0.29, 0.717) is 17.5 Å². The molecule has 0 radical (unpaired) electrons. The molecule has 102 valence electrons. The molecule has 0 bridgehead atoms. The number of aromatic amines is 2. The summed E-state index contributed by atoms with van der Waals surface area (Å²) in [5, 5.41) is 11.2. The zero-order chi connectivity index (χ0) is 13.7. The molecule has 3 aromatic rings. The number of nitrogens with one attached hydrogen (secondary N) is 3. The molecule has 2 aromatic heterocycles. The van der Waals surface area contributed by atoms with E-state index in [1.54, 1.807) is 12.3 Å². The zero-order valence-electron chi connectivity index (χ0n) is 10.6. The van der Waals surface area contributed by atoms with Crippen molar-refractivity contribution in [2.24, 2.45) is 0 Å². The van der Waals surface area contributed by atoms with Gasteiger partial charge < -0.3 is 10.3 Å². The second-order valence-electron chi connectivity index (χ2n) is 4.94. The highest BCUT2D eigenvalue weighted by atomic mass is 19.2. The van der Waals surface area contributed by atoms with Gasteiger partial charge in [0.05, 0.1) is 16.9 Å². The summed E-state index contributed by atoms with van der Waals surface area (Å²) in [6, 6.07) is 2.98. The van der Waals surface area contributed by atoms with Gasteiger partial charge >= 0.3 is 0 Å². The number of halogens is 2. The van der Waals surface area contributed by atoms with Crippen molar-refractivity contribution in [3.8, 4) is 11.3 Å². The van der Waals surface area contributed by atoms with Gasteiger partial charge in [0.1, 0.15) is 0 Å². The van der Waals surface area contributed by atoms with E-state index in [1.165, 1.54) is 6.07 Å². The molecule has 4 nitrogen and oxygen atoms in total. The summed E-state index contributed by atoms with van der Waals surface area (Å²) in [4.78, 5) is 2.75. The molecular formula is C14H12F2N4. The van der Waals surface area contributed by atoms with Crippen LogP contribution in [0.4, 0.5) is 8.78 Å². The number of nitrogens with zero attached hydrogens (tertiary/aromatic N) is 1. The van der Waals surface area contributed by atoms with Crippen LogP contribution in [-0.2, 0) is 13.0 Å². The van der Waals surface area contributed by atoms with Crippen LogP contribution in [0.15, 0.2) is 18.3 Å². The Morgan fingerprint density at radius 2 is 2.15 bits per heavy atom. The number of hydrogen-bond acceptors (Lipinski definition) is 2. The third-order valence-corrected chi connectivity index (χ3v) is 3.80. The highest BCUT2D eigenvalue weighted by Gasteiger charge is 2.21. The molecule has 0 aliphatic carbocycles. The average Bonchev–Trinajstić information content (AvgIpc) is 3.10. The van der Waals surface area contributed by atoms with Crippen molar-refractivity contribution in [1.29, 1.82) is 0 Å². The summed E-state index contributed by atoms with van der Waals surface area (Å²) in [6.07, 6.45) is 2.45. The predicted molar refractivity (Wildman–Crippen MR) is 71.2 cm³/mol. The summed E-state index contributed by atoms with van der Waals surface area (Å²) in [6.45, 7) is 1.57. The van der Waals surface area contributed by atoms with Crippen molar-refractivity contribution in [1.82, 2.24) is 20.5 Å². The third-order valence-electron chi connectivity index (χ3n) is 3.80. The molecule has 0 amide bonds. The number of aromatic nitrogens is 3. The van der Waals surface area contributed by atoms with Crippen molar-refractivity contribution in [2.45, 2.75) is 13.0 Å². The molecule has 0 unspecified atom stereocenters. The molecule has 3 heterocycles. The number of hydrogen-bond donors (Lipinski definition) is 3. The molecule has 0 atom stereocenters. The zero-order valence-corrected chi connectivity index (χ0v) is 10.6. The van der Waals surface area contributed by atoms with E-state index < -0.39 is 11.6 Å². The maximum atomic E-state index is 13.8. The first-order chi connectivity index (χ1) is 9.75. The first kappa shape index (κ1) is 11.6. The molecule has 0 saturated carbocycles. The van der Waals surface area contributed by atoms with Crippen molar-refractivity contribution < 1.29 is 8.78 Å². The Kier molecular flexibility index (Phi) is 2.40. The highest BCUT2D eigenvalue weighted by molar-refractivity contribution is 5.95. The second-order valence-corrected chi connectivity index (χ2v) is 4.94. The van der Waals surface area contributed by atoms with Gasteiger partial charge in [-0.3, -0.25) is 5.10 Å². The Balaban J connectivity index is 2.01. The third kappa shape index (κ3) is 1.51. The van der Waals surface area contributed by atoms with E-state index in [2.05, 4.69) is 20.5 Å². The topological polar surface area (TPSA) is 56.5 Å². The number of benzene rings is 1. The monoisotopic (exact) mass is 274 g/mol. The molecule has 1 aliphatic rings. The number of fused-ring (bicyclic) bond motifs is 2. The molecule has 0 saturated heterocycles. The van der Waals surface area contributed by atoms with Gasteiger partial charge in [0.25, 0.3) is 0 Å². The van der Waals surface area contributed by atoms with Crippen LogP contribution in [-0.4, -0.2) is 21.7 Å². The van der Waals surface area contributed by atoms with Crippen LogP contribution >= 0.6 is 0 Å². The first-order valence-corrected chi connectivity index (χ1v) is 6.48. The van der Waals surface area contributed by atoms with Gasteiger partial charge in [-0.2, -0.15) is 5.10 Å². The Morgan fingerprint density at radius 1 is 1.25 bits per heavy atom. The Morgan fingerprint density at radius 3 is 3.05 bits per heavy atom. The largest absolute Gasteiger partial charge is 0.359 e. The van der Waals surface area contributed by atoms with Gasteiger partial charge in [-0.1, -0.05) is 0 Å². The second kappa shape index (κ2) is 4.14. The SMILES string of the molecule is Fc1cc(-c2[nH]nc3c2CNCC3)c2cc[nH]c2c1F. The highest BCUT2D eigenvalue weighted by Crippen LogP contribution is 2.33. The summed E-state index contributed by atoms with van der Waals surface area (Å²) in [5.74, 6) is -1.71. The Hall–Kier alpha value is -2.21. The molecule has 3 N–H and O–H groups in total. The van der Waals surface area contributed by atoms with Crippen molar-refractivity contribution >= 4 is 10.9 Å².